The second-order valence-electron chi connectivity index (χ2n) is 8.04. The molecule has 154 valence electrons. The highest BCUT2D eigenvalue weighted by atomic mass is 16.7. The van der Waals surface area contributed by atoms with Gasteiger partial charge in [0.2, 0.25) is 0 Å². The average Bonchev–Trinajstić information content (AvgIpc) is 3.23. The standard InChI is InChI=1S/C23H28N2O4/c1-16-12-19(13-17(2)23(16)28-10-11-29-23)20-8-9-24-14-21(20)25-22(26)27-15-18-6-4-3-5-7-18/h3-9,14,16-17,19H,10-13,15H2,1-2H3,(H,25,26)/t16-,17+,19?. The predicted octanol–water partition coefficient (Wildman–Crippen LogP) is 4.72. The number of carbonyl (C=O) groups is 1. The first-order chi connectivity index (χ1) is 14.1. The smallest absolute Gasteiger partial charge is 0.412 e. The normalized spacial score (nSPS) is 25.7. The van der Waals surface area contributed by atoms with E-state index in [0.717, 1.165) is 24.0 Å². The highest BCUT2D eigenvalue weighted by molar-refractivity contribution is 5.85. The number of pyridine rings is 1. The fourth-order valence-corrected chi connectivity index (χ4v) is 4.77. The number of ether oxygens (including phenoxy) is 3. The van der Waals surface area contributed by atoms with Gasteiger partial charge < -0.3 is 14.2 Å². The number of hydrogen-bond acceptors (Lipinski definition) is 5. The van der Waals surface area contributed by atoms with Gasteiger partial charge in [-0.3, -0.25) is 10.3 Å². The zero-order valence-electron chi connectivity index (χ0n) is 17.0. The van der Waals surface area contributed by atoms with Crippen molar-refractivity contribution in [1.29, 1.82) is 0 Å². The van der Waals surface area contributed by atoms with E-state index >= 15 is 0 Å². The first-order valence-corrected chi connectivity index (χ1v) is 10.3. The topological polar surface area (TPSA) is 69.7 Å². The van der Waals surface area contributed by atoms with E-state index in [4.69, 9.17) is 14.2 Å². The van der Waals surface area contributed by atoms with Crippen molar-refractivity contribution in [2.45, 2.75) is 45.0 Å². The van der Waals surface area contributed by atoms with Crippen LogP contribution in [-0.4, -0.2) is 30.1 Å². The summed E-state index contributed by atoms with van der Waals surface area (Å²) < 4.78 is 17.4. The summed E-state index contributed by atoms with van der Waals surface area (Å²) in [5.74, 6) is 0.367. The minimum Gasteiger partial charge on any atom is -0.444 e. The number of anilines is 1. The molecule has 2 aromatic rings. The van der Waals surface area contributed by atoms with E-state index in [1.54, 1.807) is 12.4 Å². The van der Waals surface area contributed by atoms with E-state index in [1.165, 1.54) is 0 Å². The minimum atomic E-state index is -0.473. The molecule has 1 unspecified atom stereocenters. The van der Waals surface area contributed by atoms with Crippen LogP contribution in [-0.2, 0) is 20.8 Å². The highest BCUT2D eigenvalue weighted by Gasteiger charge is 2.51. The summed E-state index contributed by atoms with van der Waals surface area (Å²) in [4.78, 5) is 16.6. The third kappa shape index (κ3) is 4.14. The first kappa shape index (κ1) is 19.9. The summed E-state index contributed by atoms with van der Waals surface area (Å²) in [6.45, 7) is 5.94. The van der Waals surface area contributed by atoms with Gasteiger partial charge in [0.25, 0.3) is 0 Å². The van der Waals surface area contributed by atoms with E-state index in [0.29, 0.717) is 24.8 Å². The fraction of sp³-hybridized carbons (Fsp3) is 0.478. The predicted molar refractivity (Wildman–Crippen MR) is 109 cm³/mol. The molecular formula is C23H28N2O4. The van der Waals surface area contributed by atoms with E-state index in [1.807, 2.05) is 36.4 Å². The molecule has 1 saturated heterocycles. The maximum absolute atomic E-state index is 12.4. The number of amides is 1. The number of aromatic nitrogens is 1. The van der Waals surface area contributed by atoms with E-state index < -0.39 is 11.9 Å². The van der Waals surface area contributed by atoms with Crippen LogP contribution in [0.4, 0.5) is 10.5 Å². The van der Waals surface area contributed by atoms with Crippen molar-refractivity contribution in [3.05, 3.63) is 59.9 Å². The molecule has 1 aromatic heterocycles. The summed E-state index contributed by atoms with van der Waals surface area (Å²) in [6, 6.07) is 11.6. The van der Waals surface area contributed by atoms with Gasteiger partial charge in [0.1, 0.15) is 6.61 Å². The molecule has 0 radical (unpaired) electrons. The Kier molecular flexibility index (Phi) is 5.83. The molecule has 1 aromatic carbocycles. The van der Waals surface area contributed by atoms with Gasteiger partial charge in [-0.15, -0.1) is 0 Å². The Morgan fingerprint density at radius 3 is 2.52 bits per heavy atom. The van der Waals surface area contributed by atoms with Gasteiger partial charge in [0.15, 0.2) is 5.79 Å². The number of nitrogens with one attached hydrogen (secondary N) is 1. The molecule has 1 saturated carbocycles. The van der Waals surface area contributed by atoms with E-state index in [9.17, 15) is 4.79 Å². The number of hydrogen-bond donors (Lipinski definition) is 1. The Hall–Kier alpha value is -2.44. The molecule has 1 aliphatic heterocycles. The molecule has 2 aliphatic rings. The molecular weight excluding hydrogens is 368 g/mol. The van der Waals surface area contributed by atoms with E-state index in [-0.39, 0.29) is 18.4 Å². The van der Waals surface area contributed by atoms with Crippen molar-refractivity contribution in [2.24, 2.45) is 11.8 Å². The molecule has 1 amide bonds. The Morgan fingerprint density at radius 1 is 1.14 bits per heavy atom. The Bertz CT molecular complexity index is 822. The zero-order valence-corrected chi connectivity index (χ0v) is 17.0. The van der Waals surface area contributed by atoms with Crippen molar-refractivity contribution < 1.29 is 19.0 Å². The minimum absolute atomic E-state index is 0.233. The lowest BCUT2D eigenvalue weighted by atomic mass is 9.69. The first-order valence-electron chi connectivity index (χ1n) is 10.3. The van der Waals surface area contributed by atoms with Crippen LogP contribution in [0.1, 0.15) is 43.7 Å². The van der Waals surface area contributed by atoms with Crippen molar-refractivity contribution >= 4 is 11.8 Å². The van der Waals surface area contributed by atoms with Crippen LogP contribution >= 0.6 is 0 Å². The molecule has 2 fully saturated rings. The van der Waals surface area contributed by atoms with Crippen LogP contribution in [0.3, 0.4) is 0 Å². The Balaban J connectivity index is 1.44. The SMILES string of the molecule is C[C@@H]1CC(c2ccncc2NC(=O)OCc2ccccc2)C[C@H](C)C12OCCO2. The molecule has 3 atom stereocenters. The molecule has 6 heteroatoms. The molecule has 6 nitrogen and oxygen atoms in total. The van der Waals surface area contributed by atoms with Crippen LogP contribution in [0, 0.1) is 11.8 Å². The van der Waals surface area contributed by atoms with Gasteiger partial charge in [-0.25, -0.2) is 4.79 Å². The van der Waals surface area contributed by atoms with Crippen LogP contribution in [0.5, 0.6) is 0 Å². The monoisotopic (exact) mass is 396 g/mol. The maximum atomic E-state index is 12.4. The number of benzene rings is 1. The summed E-state index contributed by atoms with van der Waals surface area (Å²) in [5, 5.41) is 2.88. The summed E-state index contributed by atoms with van der Waals surface area (Å²) in [6.07, 6.45) is 4.86. The van der Waals surface area contributed by atoms with Crippen molar-refractivity contribution in [2.75, 3.05) is 18.5 Å². The van der Waals surface area contributed by atoms with Gasteiger partial charge in [-0.2, -0.15) is 0 Å². The Labute approximate surface area is 171 Å². The van der Waals surface area contributed by atoms with Crippen LogP contribution in [0.15, 0.2) is 48.8 Å². The third-order valence-corrected chi connectivity index (χ3v) is 6.13. The summed E-state index contributed by atoms with van der Waals surface area (Å²) >= 11 is 0. The number of rotatable bonds is 4. The molecule has 4 rings (SSSR count). The van der Waals surface area contributed by atoms with Gasteiger partial charge in [0, 0.05) is 18.0 Å². The molecule has 0 bridgehead atoms. The van der Waals surface area contributed by atoms with Crippen LogP contribution < -0.4 is 5.32 Å². The number of nitrogens with zero attached hydrogens (tertiary/aromatic N) is 1. The van der Waals surface area contributed by atoms with Crippen molar-refractivity contribution in [1.82, 2.24) is 4.98 Å². The largest absolute Gasteiger partial charge is 0.444 e. The number of carbonyl (C=O) groups excluding carboxylic acids is 1. The van der Waals surface area contributed by atoms with Gasteiger partial charge in [-0.05, 0) is 36.0 Å². The zero-order chi connectivity index (χ0) is 20.3. The lowest BCUT2D eigenvalue weighted by Gasteiger charge is -2.46. The summed E-state index contributed by atoms with van der Waals surface area (Å²) in [7, 11) is 0. The van der Waals surface area contributed by atoms with Crippen molar-refractivity contribution in [3.63, 3.8) is 0 Å². The van der Waals surface area contributed by atoms with Gasteiger partial charge in [-0.1, -0.05) is 44.2 Å². The molecule has 1 spiro atoms. The van der Waals surface area contributed by atoms with Gasteiger partial charge in [0.05, 0.1) is 25.1 Å². The summed E-state index contributed by atoms with van der Waals surface area (Å²) in [5.41, 5.74) is 2.74. The Morgan fingerprint density at radius 2 is 1.83 bits per heavy atom. The molecule has 1 N–H and O–H groups in total. The average molecular weight is 396 g/mol. The lowest BCUT2D eigenvalue weighted by Crippen LogP contribution is -2.48. The van der Waals surface area contributed by atoms with Gasteiger partial charge >= 0.3 is 6.09 Å². The van der Waals surface area contributed by atoms with Crippen LogP contribution in [0.25, 0.3) is 0 Å². The lowest BCUT2D eigenvalue weighted by molar-refractivity contribution is -0.240. The van der Waals surface area contributed by atoms with Crippen molar-refractivity contribution in [3.8, 4) is 0 Å². The maximum Gasteiger partial charge on any atom is 0.412 e. The second kappa shape index (κ2) is 8.51. The highest BCUT2D eigenvalue weighted by Crippen LogP contribution is 2.50. The van der Waals surface area contributed by atoms with Crippen LogP contribution in [0.2, 0.25) is 0 Å². The quantitative estimate of drug-likeness (QED) is 0.810. The molecule has 29 heavy (non-hydrogen) atoms. The molecule has 2 heterocycles. The second-order valence-corrected chi connectivity index (χ2v) is 8.04. The fourth-order valence-electron chi connectivity index (χ4n) is 4.77. The molecule has 1 aliphatic carbocycles. The van der Waals surface area contributed by atoms with E-state index in [2.05, 4.69) is 24.1 Å². The third-order valence-electron chi connectivity index (χ3n) is 6.13.